The lowest BCUT2D eigenvalue weighted by Gasteiger charge is -1.97. The van der Waals surface area contributed by atoms with Crippen LogP contribution in [0.15, 0.2) is 59.1 Å². The lowest BCUT2D eigenvalue weighted by Crippen LogP contribution is -1.96. The topological polar surface area (TPSA) is 60.2 Å². The molecule has 0 saturated carbocycles. The predicted molar refractivity (Wildman–Crippen MR) is 80.6 cm³/mol. The number of benzene rings is 2. The number of nitrogens with zero attached hydrogens (tertiary/aromatic N) is 1. The van der Waals surface area contributed by atoms with Gasteiger partial charge in [-0.2, -0.15) is 0 Å². The van der Waals surface area contributed by atoms with Gasteiger partial charge in [-0.15, -0.1) is 0 Å². The third kappa shape index (κ3) is 3.61. The smallest absolute Gasteiger partial charge is 0.270 e. The maximum absolute atomic E-state index is 12.0. The van der Waals surface area contributed by atoms with E-state index >= 15 is 0 Å². The van der Waals surface area contributed by atoms with Gasteiger partial charge in [0.2, 0.25) is 0 Å². The van der Waals surface area contributed by atoms with Crippen LogP contribution in [-0.4, -0.2) is 10.7 Å². The molecule has 0 bridgehead atoms. The van der Waals surface area contributed by atoms with Crippen molar-refractivity contribution in [3.05, 3.63) is 80.3 Å². The highest BCUT2D eigenvalue weighted by molar-refractivity contribution is 9.10. The van der Waals surface area contributed by atoms with E-state index in [-0.39, 0.29) is 11.5 Å². The molecule has 20 heavy (non-hydrogen) atoms. The zero-order chi connectivity index (χ0) is 14.5. The zero-order valence-electron chi connectivity index (χ0n) is 10.3. The highest BCUT2D eigenvalue weighted by Crippen LogP contribution is 2.16. The van der Waals surface area contributed by atoms with Gasteiger partial charge in [0, 0.05) is 22.2 Å². The minimum absolute atomic E-state index is 0.0910. The molecule has 0 saturated heterocycles. The fourth-order valence-corrected chi connectivity index (χ4v) is 2.07. The SMILES string of the molecule is O=C(C=Cc1cccc(Br)c1)c1cccc([N+](=O)[O-])c1. The molecule has 0 aliphatic heterocycles. The Labute approximate surface area is 124 Å². The highest BCUT2D eigenvalue weighted by Gasteiger charge is 2.09. The molecule has 0 unspecified atom stereocenters. The van der Waals surface area contributed by atoms with Gasteiger partial charge in [-0.25, -0.2) is 0 Å². The van der Waals surface area contributed by atoms with Crippen LogP contribution in [0.25, 0.3) is 6.08 Å². The third-order valence-electron chi connectivity index (χ3n) is 2.62. The van der Waals surface area contributed by atoms with Gasteiger partial charge in [0.15, 0.2) is 5.78 Å². The molecule has 2 aromatic carbocycles. The standard InChI is InChI=1S/C15H10BrNO3/c16-13-5-1-3-11(9-13)7-8-15(18)12-4-2-6-14(10-12)17(19)20/h1-10H. The van der Waals surface area contributed by atoms with Crippen molar-refractivity contribution in [1.82, 2.24) is 0 Å². The average molecular weight is 332 g/mol. The Kier molecular flexibility index (Phi) is 4.42. The second-order valence-corrected chi connectivity index (χ2v) is 4.98. The van der Waals surface area contributed by atoms with Gasteiger partial charge in [0.05, 0.1) is 4.92 Å². The van der Waals surface area contributed by atoms with E-state index in [0.717, 1.165) is 10.0 Å². The number of hydrogen-bond acceptors (Lipinski definition) is 3. The summed E-state index contributed by atoms with van der Waals surface area (Å²) in [5.74, 6) is -0.270. The lowest BCUT2D eigenvalue weighted by atomic mass is 10.1. The summed E-state index contributed by atoms with van der Waals surface area (Å²) >= 11 is 3.35. The summed E-state index contributed by atoms with van der Waals surface area (Å²) < 4.78 is 0.919. The zero-order valence-corrected chi connectivity index (χ0v) is 11.9. The number of carbonyl (C=O) groups excluding carboxylic acids is 1. The molecule has 0 heterocycles. The monoisotopic (exact) mass is 331 g/mol. The maximum atomic E-state index is 12.0. The first kappa shape index (κ1) is 14.1. The average Bonchev–Trinajstić information content (AvgIpc) is 2.45. The largest absolute Gasteiger partial charge is 0.289 e. The molecule has 5 heteroatoms. The predicted octanol–water partition coefficient (Wildman–Crippen LogP) is 4.25. The molecule has 0 spiro atoms. The van der Waals surface area contributed by atoms with Crippen molar-refractivity contribution in [2.75, 3.05) is 0 Å². The van der Waals surface area contributed by atoms with Gasteiger partial charge in [-0.1, -0.05) is 46.3 Å². The summed E-state index contributed by atoms with van der Waals surface area (Å²) in [6, 6.07) is 13.2. The Balaban J connectivity index is 2.20. The molecular formula is C15H10BrNO3. The molecule has 0 radical (unpaired) electrons. The van der Waals surface area contributed by atoms with Crippen molar-refractivity contribution in [2.45, 2.75) is 0 Å². The first-order valence-corrected chi connectivity index (χ1v) is 6.58. The second kappa shape index (κ2) is 6.25. The van der Waals surface area contributed by atoms with Gasteiger partial charge in [-0.05, 0) is 23.8 Å². The molecule has 2 rings (SSSR count). The Morgan fingerprint density at radius 1 is 1.15 bits per heavy atom. The third-order valence-corrected chi connectivity index (χ3v) is 3.11. The number of rotatable bonds is 4. The maximum Gasteiger partial charge on any atom is 0.270 e. The molecule has 0 atom stereocenters. The number of ketones is 1. The van der Waals surface area contributed by atoms with Gasteiger partial charge in [0.1, 0.15) is 0 Å². The fraction of sp³-hybridized carbons (Fsp3) is 0. The summed E-state index contributed by atoms with van der Waals surface area (Å²) in [6.45, 7) is 0. The van der Waals surface area contributed by atoms with Crippen LogP contribution in [0.5, 0.6) is 0 Å². The van der Waals surface area contributed by atoms with Crippen LogP contribution in [0, 0.1) is 10.1 Å². The number of carbonyl (C=O) groups is 1. The molecule has 0 aliphatic rings. The van der Waals surface area contributed by atoms with Gasteiger partial charge in [-0.3, -0.25) is 14.9 Å². The van der Waals surface area contributed by atoms with E-state index in [1.54, 1.807) is 12.1 Å². The van der Waals surface area contributed by atoms with Crippen molar-refractivity contribution < 1.29 is 9.72 Å². The lowest BCUT2D eigenvalue weighted by molar-refractivity contribution is -0.384. The number of allylic oxidation sites excluding steroid dienone is 1. The van der Waals surface area contributed by atoms with Crippen LogP contribution in [0.1, 0.15) is 15.9 Å². The molecule has 0 amide bonds. The van der Waals surface area contributed by atoms with E-state index in [2.05, 4.69) is 15.9 Å². The second-order valence-electron chi connectivity index (χ2n) is 4.06. The van der Waals surface area contributed by atoms with Crippen molar-refractivity contribution in [3.63, 3.8) is 0 Å². The van der Waals surface area contributed by atoms with Gasteiger partial charge >= 0.3 is 0 Å². The summed E-state index contributed by atoms with van der Waals surface area (Å²) in [5.41, 5.74) is 1.08. The van der Waals surface area contributed by atoms with Crippen molar-refractivity contribution in [2.24, 2.45) is 0 Å². The number of halogens is 1. The van der Waals surface area contributed by atoms with Crippen molar-refractivity contribution >= 4 is 33.5 Å². The fourth-order valence-electron chi connectivity index (χ4n) is 1.65. The Bertz CT molecular complexity index is 695. The summed E-state index contributed by atoms with van der Waals surface area (Å²) in [7, 11) is 0. The Morgan fingerprint density at radius 3 is 2.60 bits per heavy atom. The molecule has 4 nitrogen and oxygen atoms in total. The van der Waals surface area contributed by atoms with Crippen LogP contribution in [0.2, 0.25) is 0 Å². The molecule has 0 N–H and O–H groups in total. The number of hydrogen-bond donors (Lipinski definition) is 0. The normalized spacial score (nSPS) is 10.7. The van der Waals surface area contributed by atoms with E-state index in [4.69, 9.17) is 0 Å². The van der Waals surface area contributed by atoms with Crippen LogP contribution in [-0.2, 0) is 0 Å². The summed E-state index contributed by atoms with van der Waals surface area (Å²) in [4.78, 5) is 22.1. The summed E-state index contributed by atoms with van der Waals surface area (Å²) in [5, 5.41) is 10.7. The quantitative estimate of drug-likeness (QED) is 0.364. The minimum atomic E-state index is -0.519. The van der Waals surface area contributed by atoms with E-state index < -0.39 is 4.92 Å². The van der Waals surface area contributed by atoms with Crippen molar-refractivity contribution in [3.8, 4) is 0 Å². The van der Waals surface area contributed by atoms with Gasteiger partial charge < -0.3 is 0 Å². The summed E-state index contributed by atoms with van der Waals surface area (Å²) in [6.07, 6.45) is 3.08. The van der Waals surface area contributed by atoms with Crippen LogP contribution >= 0.6 is 15.9 Å². The van der Waals surface area contributed by atoms with Crippen LogP contribution in [0.3, 0.4) is 0 Å². The number of nitro groups is 1. The minimum Gasteiger partial charge on any atom is -0.289 e. The molecule has 2 aromatic rings. The first-order chi connectivity index (χ1) is 9.56. The van der Waals surface area contributed by atoms with Crippen LogP contribution in [0.4, 0.5) is 5.69 Å². The van der Waals surface area contributed by atoms with Gasteiger partial charge in [0.25, 0.3) is 5.69 Å². The highest BCUT2D eigenvalue weighted by atomic mass is 79.9. The molecule has 100 valence electrons. The number of nitro benzene ring substituents is 1. The molecule has 0 aromatic heterocycles. The molecule has 0 aliphatic carbocycles. The molecular weight excluding hydrogens is 322 g/mol. The molecule has 0 fully saturated rings. The van der Waals surface area contributed by atoms with E-state index in [1.807, 2.05) is 24.3 Å². The van der Waals surface area contributed by atoms with E-state index in [1.165, 1.54) is 24.3 Å². The van der Waals surface area contributed by atoms with Crippen molar-refractivity contribution in [1.29, 1.82) is 0 Å². The van der Waals surface area contributed by atoms with E-state index in [0.29, 0.717) is 5.56 Å². The Hall–Kier alpha value is -2.27. The van der Waals surface area contributed by atoms with Crippen LogP contribution < -0.4 is 0 Å². The van der Waals surface area contributed by atoms with E-state index in [9.17, 15) is 14.9 Å². The Morgan fingerprint density at radius 2 is 1.90 bits per heavy atom. The first-order valence-electron chi connectivity index (χ1n) is 5.79. The number of non-ortho nitro benzene ring substituents is 1.